The second-order valence-electron chi connectivity index (χ2n) is 5.31. The highest BCUT2D eigenvalue weighted by molar-refractivity contribution is 5.52. The summed E-state index contributed by atoms with van der Waals surface area (Å²) in [6.07, 6.45) is 5.74. The smallest absolute Gasteiger partial charge is 0.0363 e. The van der Waals surface area contributed by atoms with Crippen molar-refractivity contribution in [2.24, 2.45) is 5.92 Å². The lowest BCUT2D eigenvalue weighted by Crippen LogP contribution is -2.23. The third-order valence-corrected chi connectivity index (χ3v) is 4.08. The van der Waals surface area contributed by atoms with Crippen LogP contribution in [0.3, 0.4) is 0 Å². The zero-order chi connectivity index (χ0) is 11.0. The van der Waals surface area contributed by atoms with Crippen molar-refractivity contribution >= 4 is 5.69 Å². The molecule has 1 aliphatic carbocycles. The Morgan fingerprint density at radius 2 is 2.00 bits per heavy atom. The molecule has 2 aliphatic rings. The number of nitrogens with zero attached hydrogens (tertiary/aromatic N) is 1. The topological polar surface area (TPSA) is 29.3 Å². The van der Waals surface area contributed by atoms with Gasteiger partial charge in [0, 0.05) is 25.3 Å². The highest BCUT2D eigenvalue weighted by atomic mass is 15.1. The van der Waals surface area contributed by atoms with Crippen molar-refractivity contribution in [3.05, 3.63) is 29.3 Å². The molecule has 2 heteroatoms. The fraction of sp³-hybridized carbons (Fsp3) is 0.571. The van der Waals surface area contributed by atoms with E-state index in [9.17, 15) is 0 Å². The van der Waals surface area contributed by atoms with Crippen LogP contribution in [0.1, 0.15) is 36.8 Å². The van der Waals surface area contributed by atoms with Crippen LogP contribution in [0.15, 0.2) is 18.2 Å². The molecular weight excluding hydrogens is 196 g/mol. The van der Waals surface area contributed by atoms with Crippen LogP contribution in [0.2, 0.25) is 0 Å². The summed E-state index contributed by atoms with van der Waals surface area (Å²) < 4.78 is 0. The van der Waals surface area contributed by atoms with E-state index >= 15 is 0 Å². The third kappa shape index (κ3) is 1.82. The van der Waals surface area contributed by atoms with E-state index in [-0.39, 0.29) is 0 Å². The van der Waals surface area contributed by atoms with Crippen LogP contribution < -0.4 is 5.73 Å². The zero-order valence-electron chi connectivity index (χ0n) is 9.78. The van der Waals surface area contributed by atoms with Crippen molar-refractivity contribution in [1.82, 2.24) is 4.90 Å². The molecule has 2 N–H and O–H groups in total. The van der Waals surface area contributed by atoms with Gasteiger partial charge in [-0.25, -0.2) is 0 Å². The largest absolute Gasteiger partial charge is 0.398 e. The summed E-state index contributed by atoms with van der Waals surface area (Å²) in [5.41, 5.74) is 9.81. The Bertz CT molecular complexity index is 380. The first-order chi connectivity index (χ1) is 7.83. The van der Waals surface area contributed by atoms with E-state index in [1.807, 2.05) is 6.07 Å². The highest BCUT2D eigenvalue weighted by Gasteiger charge is 2.24. The summed E-state index contributed by atoms with van der Waals surface area (Å²) in [7, 11) is 0. The molecule has 1 aromatic carbocycles. The van der Waals surface area contributed by atoms with E-state index in [1.54, 1.807) is 0 Å². The van der Waals surface area contributed by atoms with Crippen LogP contribution in [-0.2, 0) is 13.1 Å². The first-order valence-corrected chi connectivity index (χ1v) is 6.41. The summed E-state index contributed by atoms with van der Waals surface area (Å²) in [6.45, 7) is 3.45. The number of nitrogen functional groups attached to an aromatic ring is 1. The molecule has 0 spiro atoms. The SMILES string of the molecule is Nc1cccc2c1CN(CC1CCCC1)C2. The molecule has 0 bridgehead atoms. The number of rotatable bonds is 2. The highest BCUT2D eigenvalue weighted by Crippen LogP contribution is 2.31. The van der Waals surface area contributed by atoms with Crippen LogP contribution in [0, 0.1) is 5.92 Å². The molecule has 0 saturated heterocycles. The molecule has 0 unspecified atom stereocenters. The maximum atomic E-state index is 6.02. The maximum absolute atomic E-state index is 6.02. The van der Waals surface area contributed by atoms with E-state index in [1.165, 1.54) is 43.4 Å². The van der Waals surface area contributed by atoms with Crippen molar-refractivity contribution < 1.29 is 0 Å². The second kappa shape index (κ2) is 4.10. The number of hydrogen-bond donors (Lipinski definition) is 1. The molecule has 1 saturated carbocycles. The molecule has 86 valence electrons. The van der Waals surface area contributed by atoms with Gasteiger partial charge in [0.15, 0.2) is 0 Å². The first-order valence-electron chi connectivity index (χ1n) is 6.41. The van der Waals surface area contributed by atoms with Gasteiger partial charge in [-0.1, -0.05) is 25.0 Å². The van der Waals surface area contributed by atoms with E-state index < -0.39 is 0 Å². The fourth-order valence-corrected chi connectivity index (χ4v) is 3.20. The Morgan fingerprint density at radius 3 is 2.75 bits per heavy atom. The monoisotopic (exact) mass is 216 g/mol. The maximum Gasteiger partial charge on any atom is 0.0363 e. The van der Waals surface area contributed by atoms with E-state index in [0.29, 0.717) is 0 Å². The van der Waals surface area contributed by atoms with Crippen LogP contribution in [-0.4, -0.2) is 11.4 Å². The van der Waals surface area contributed by atoms with Crippen molar-refractivity contribution in [2.45, 2.75) is 38.8 Å². The van der Waals surface area contributed by atoms with Gasteiger partial charge < -0.3 is 5.73 Å². The molecule has 0 radical (unpaired) electrons. The lowest BCUT2D eigenvalue weighted by atomic mass is 10.1. The summed E-state index contributed by atoms with van der Waals surface area (Å²) in [4.78, 5) is 2.57. The molecule has 2 nitrogen and oxygen atoms in total. The van der Waals surface area contributed by atoms with Crippen molar-refractivity contribution in [2.75, 3.05) is 12.3 Å². The molecule has 16 heavy (non-hydrogen) atoms. The fourth-order valence-electron chi connectivity index (χ4n) is 3.20. The van der Waals surface area contributed by atoms with Crippen LogP contribution in [0.4, 0.5) is 5.69 Å². The van der Waals surface area contributed by atoms with Crippen molar-refractivity contribution in [1.29, 1.82) is 0 Å². The van der Waals surface area contributed by atoms with Gasteiger partial charge in [-0.05, 0) is 36.0 Å². The third-order valence-electron chi connectivity index (χ3n) is 4.08. The molecule has 1 heterocycles. The Balaban J connectivity index is 1.68. The Kier molecular flexibility index (Phi) is 2.60. The number of fused-ring (bicyclic) bond motifs is 1. The van der Waals surface area contributed by atoms with Crippen LogP contribution in [0.25, 0.3) is 0 Å². The van der Waals surface area contributed by atoms with E-state index in [4.69, 9.17) is 5.73 Å². The minimum Gasteiger partial charge on any atom is -0.398 e. The average molecular weight is 216 g/mol. The lowest BCUT2D eigenvalue weighted by Gasteiger charge is -2.19. The summed E-state index contributed by atoms with van der Waals surface area (Å²) in [5.74, 6) is 0.940. The molecule has 1 aliphatic heterocycles. The molecule has 0 atom stereocenters. The van der Waals surface area contributed by atoms with Gasteiger partial charge in [0.05, 0.1) is 0 Å². The van der Waals surface area contributed by atoms with Crippen LogP contribution in [0.5, 0.6) is 0 Å². The van der Waals surface area contributed by atoms with Gasteiger partial charge >= 0.3 is 0 Å². The van der Waals surface area contributed by atoms with Crippen molar-refractivity contribution in [3.8, 4) is 0 Å². The summed E-state index contributed by atoms with van der Waals surface area (Å²) in [5, 5.41) is 0. The lowest BCUT2D eigenvalue weighted by molar-refractivity contribution is 0.237. The molecule has 1 aromatic rings. The molecule has 1 fully saturated rings. The Labute approximate surface area is 97.4 Å². The zero-order valence-corrected chi connectivity index (χ0v) is 9.78. The number of hydrogen-bond acceptors (Lipinski definition) is 2. The predicted molar refractivity (Wildman–Crippen MR) is 66.9 cm³/mol. The molecular formula is C14H20N2. The minimum atomic E-state index is 0.940. The quantitative estimate of drug-likeness (QED) is 0.770. The normalized spacial score (nSPS) is 21.5. The second-order valence-corrected chi connectivity index (χ2v) is 5.31. The van der Waals surface area contributed by atoms with Gasteiger partial charge in [-0.15, -0.1) is 0 Å². The first kappa shape index (κ1) is 10.2. The van der Waals surface area contributed by atoms with E-state index in [2.05, 4.69) is 17.0 Å². The number of nitrogens with two attached hydrogens (primary N) is 1. The van der Waals surface area contributed by atoms with Gasteiger partial charge in [-0.3, -0.25) is 4.90 Å². The van der Waals surface area contributed by atoms with E-state index in [0.717, 1.165) is 24.7 Å². The number of benzene rings is 1. The number of anilines is 1. The van der Waals surface area contributed by atoms with Crippen LogP contribution >= 0.6 is 0 Å². The Hall–Kier alpha value is -1.02. The predicted octanol–water partition coefficient (Wildman–Crippen LogP) is 2.77. The van der Waals surface area contributed by atoms with Gasteiger partial charge in [-0.2, -0.15) is 0 Å². The summed E-state index contributed by atoms with van der Waals surface area (Å²) in [6, 6.07) is 6.32. The minimum absolute atomic E-state index is 0.940. The summed E-state index contributed by atoms with van der Waals surface area (Å²) >= 11 is 0. The van der Waals surface area contributed by atoms with Gasteiger partial charge in [0.1, 0.15) is 0 Å². The molecule has 3 rings (SSSR count). The van der Waals surface area contributed by atoms with Crippen molar-refractivity contribution in [3.63, 3.8) is 0 Å². The molecule has 0 aromatic heterocycles. The standard InChI is InChI=1S/C14H20N2/c15-14-7-3-6-12-9-16(10-13(12)14)8-11-4-1-2-5-11/h3,6-7,11H,1-2,4-5,8-10,15H2. The van der Waals surface area contributed by atoms with Gasteiger partial charge in [0.25, 0.3) is 0 Å². The van der Waals surface area contributed by atoms with Gasteiger partial charge in [0.2, 0.25) is 0 Å². The average Bonchev–Trinajstić information content (AvgIpc) is 2.88. The molecule has 0 amide bonds. The Morgan fingerprint density at radius 1 is 1.19 bits per heavy atom.